The molecule has 92 valence electrons. The predicted octanol–water partition coefficient (Wildman–Crippen LogP) is -1.16. The van der Waals surface area contributed by atoms with E-state index in [0.29, 0.717) is 5.69 Å². The van der Waals surface area contributed by atoms with Gasteiger partial charge in [0, 0.05) is 5.69 Å². The van der Waals surface area contributed by atoms with Crippen LogP contribution >= 0.6 is 0 Å². The van der Waals surface area contributed by atoms with E-state index in [1.54, 1.807) is 0 Å². The fraction of sp³-hybridized carbons (Fsp3) is 0.111. The van der Waals surface area contributed by atoms with Gasteiger partial charge in [0.2, 0.25) is 0 Å². The van der Waals surface area contributed by atoms with Crippen molar-refractivity contribution < 1.29 is 13.2 Å². The smallest absolute Gasteiger partial charge is 0.264 e. The lowest BCUT2D eigenvalue weighted by atomic mass is 10.3. The fourth-order valence-corrected chi connectivity index (χ4v) is 2.20. The van der Waals surface area contributed by atoms with Crippen molar-refractivity contribution in [3.63, 3.8) is 0 Å². The lowest BCUT2D eigenvalue weighted by molar-refractivity contribution is -0.115. The van der Waals surface area contributed by atoms with Crippen LogP contribution < -0.4 is 17.2 Å². The number of anilines is 1. The first-order valence-electron chi connectivity index (χ1n) is 4.52. The Hall–Kier alpha value is -2.09. The third-order valence-electron chi connectivity index (χ3n) is 1.81. The van der Waals surface area contributed by atoms with Crippen molar-refractivity contribution >= 4 is 27.4 Å². The summed E-state index contributed by atoms with van der Waals surface area (Å²) in [7, 11) is -3.75. The molecule has 0 saturated heterocycles. The number of carbonyl (C=O) groups is 1. The molecule has 0 unspecified atom stereocenters. The topological polar surface area (TPSA) is 142 Å². The van der Waals surface area contributed by atoms with E-state index in [2.05, 4.69) is 4.99 Å². The zero-order chi connectivity index (χ0) is 13.1. The molecule has 0 radical (unpaired) electrons. The molecule has 0 spiro atoms. The van der Waals surface area contributed by atoms with Gasteiger partial charge in [-0.15, -0.1) is 0 Å². The van der Waals surface area contributed by atoms with Gasteiger partial charge in [-0.1, -0.05) is 0 Å². The molecule has 1 aromatic rings. The van der Waals surface area contributed by atoms with Gasteiger partial charge in [-0.2, -0.15) is 4.99 Å². The quantitative estimate of drug-likeness (QED) is 0.354. The van der Waals surface area contributed by atoms with Crippen molar-refractivity contribution in [3.05, 3.63) is 24.3 Å². The van der Waals surface area contributed by atoms with E-state index in [4.69, 9.17) is 17.2 Å². The molecule has 1 amide bonds. The summed E-state index contributed by atoms with van der Waals surface area (Å²) in [4.78, 5) is 14.3. The highest BCUT2D eigenvalue weighted by Gasteiger charge is 2.18. The van der Waals surface area contributed by atoms with Crippen LogP contribution in [0.2, 0.25) is 0 Å². The van der Waals surface area contributed by atoms with Gasteiger partial charge in [-0.3, -0.25) is 4.79 Å². The summed E-state index contributed by atoms with van der Waals surface area (Å²) in [5, 5.41) is 0. The first-order chi connectivity index (χ1) is 7.81. The number of hydrogen-bond acceptors (Lipinski definition) is 4. The molecule has 0 heterocycles. The number of nitrogens with two attached hydrogens (primary N) is 3. The normalized spacial score (nSPS) is 10.8. The molecule has 0 bridgehead atoms. The van der Waals surface area contributed by atoms with Crippen LogP contribution in [0, 0.1) is 0 Å². The number of hydrogen-bond donors (Lipinski definition) is 3. The Morgan fingerprint density at radius 1 is 1.18 bits per heavy atom. The zero-order valence-corrected chi connectivity index (χ0v) is 9.65. The number of nitrogen functional groups attached to an aromatic ring is 1. The van der Waals surface area contributed by atoms with E-state index >= 15 is 0 Å². The number of aliphatic imine (C=N–C) groups is 1. The molecule has 0 atom stereocenters. The number of guanidine groups is 1. The van der Waals surface area contributed by atoms with Gasteiger partial charge in [-0.25, -0.2) is 8.42 Å². The fourth-order valence-electron chi connectivity index (χ4n) is 1.10. The third-order valence-corrected chi connectivity index (χ3v) is 3.42. The number of carbonyl (C=O) groups excluding carboxylic acids is 1. The van der Waals surface area contributed by atoms with E-state index in [1.165, 1.54) is 24.3 Å². The second kappa shape index (κ2) is 4.83. The van der Waals surface area contributed by atoms with E-state index in [0.717, 1.165) is 0 Å². The minimum atomic E-state index is -3.75. The van der Waals surface area contributed by atoms with Crippen LogP contribution in [0.3, 0.4) is 0 Å². The summed E-state index contributed by atoms with van der Waals surface area (Å²) < 4.78 is 23.4. The summed E-state index contributed by atoms with van der Waals surface area (Å²) in [6.45, 7) is 0. The van der Waals surface area contributed by atoms with Gasteiger partial charge in [0.05, 0.1) is 4.90 Å². The minimum Gasteiger partial charge on any atom is -0.399 e. The SMILES string of the molecule is NC(N)=NC(=O)CS(=O)(=O)c1ccc(N)cc1. The van der Waals surface area contributed by atoms with Gasteiger partial charge in [0.15, 0.2) is 15.8 Å². The lowest BCUT2D eigenvalue weighted by Crippen LogP contribution is -2.26. The second-order valence-electron chi connectivity index (χ2n) is 3.26. The summed E-state index contributed by atoms with van der Waals surface area (Å²) in [6, 6.07) is 5.48. The van der Waals surface area contributed by atoms with Gasteiger partial charge >= 0.3 is 0 Å². The summed E-state index contributed by atoms with van der Waals surface area (Å²) in [6.07, 6.45) is 0. The van der Waals surface area contributed by atoms with Crippen molar-refractivity contribution in [1.29, 1.82) is 0 Å². The number of rotatable bonds is 3. The molecule has 8 heteroatoms. The van der Waals surface area contributed by atoms with Crippen LogP contribution in [-0.2, 0) is 14.6 Å². The molecule has 0 aliphatic heterocycles. The Balaban J connectivity index is 2.93. The van der Waals surface area contributed by atoms with Gasteiger partial charge in [0.25, 0.3) is 5.91 Å². The Morgan fingerprint density at radius 2 is 1.71 bits per heavy atom. The molecular formula is C9H12N4O3S. The average molecular weight is 256 g/mol. The molecule has 0 aliphatic carbocycles. The molecular weight excluding hydrogens is 244 g/mol. The van der Waals surface area contributed by atoms with Crippen molar-refractivity contribution in [2.45, 2.75) is 4.90 Å². The van der Waals surface area contributed by atoms with Crippen LogP contribution in [-0.4, -0.2) is 26.0 Å². The Labute approximate surface area is 98.2 Å². The highest BCUT2D eigenvalue weighted by Crippen LogP contribution is 2.13. The molecule has 6 N–H and O–H groups in total. The highest BCUT2D eigenvalue weighted by molar-refractivity contribution is 7.92. The predicted molar refractivity (Wildman–Crippen MR) is 63.7 cm³/mol. The maximum absolute atomic E-state index is 11.7. The summed E-state index contributed by atoms with van der Waals surface area (Å²) >= 11 is 0. The Morgan fingerprint density at radius 3 is 2.18 bits per heavy atom. The minimum absolute atomic E-state index is 0.00848. The summed E-state index contributed by atoms with van der Waals surface area (Å²) in [5.74, 6) is -2.17. The zero-order valence-electron chi connectivity index (χ0n) is 8.83. The van der Waals surface area contributed by atoms with Crippen LogP contribution in [0.4, 0.5) is 5.69 Å². The molecule has 1 rings (SSSR count). The van der Waals surface area contributed by atoms with Crippen molar-refractivity contribution in [2.24, 2.45) is 16.5 Å². The number of sulfone groups is 1. The Kier molecular flexibility index (Phi) is 3.69. The number of amides is 1. The average Bonchev–Trinajstić information content (AvgIpc) is 2.15. The van der Waals surface area contributed by atoms with Crippen LogP contribution in [0.15, 0.2) is 34.2 Å². The maximum Gasteiger partial charge on any atom is 0.264 e. The number of benzene rings is 1. The molecule has 0 aliphatic rings. The standard InChI is InChI=1S/C9H12N4O3S/c10-6-1-3-7(4-2-6)17(15,16)5-8(14)13-9(11)12/h1-4H,5,10H2,(H4,11,12,13,14). The molecule has 17 heavy (non-hydrogen) atoms. The maximum atomic E-state index is 11.7. The van der Waals surface area contributed by atoms with Gasteiger partial charge < -0.3 is 17.2 Å². The monoisotopic (exact) mass is 256 g/mol. The van der Waals surface area contributed by atoms with Crippen molar-refractivity contribution in [3.8, 4) is 0 Å². The van der Waals surface area contributed by atoms with Crippen LogP contribution in [0.25, 0.3) is 0 Å². The van der Waals surface area contributed by atoms with Crippen LogP contribution in [0.5, 0.6) is 0 Å². The van der Waals surface area contributed by atoms with Crippen molar-refractivity contribution in [1.82, 2.24) is 0 Å². The molecule has 7 nitrogen and oxygen atoms in total. The largest absolute Gasteiger partial charge is 0.399 e. The van der Waals surface area contributed by atoms with E-state index in [9.17, 15) is 13.2 Å². The highest BCUT2D eigenvalue weighted by atomic mass is 32.2. The molecule has 0 saturated carbocycles. The molecule has 0 aromatic heterocycles. The van der Waals surface area contributed by atoms with Crippen molar-refractivity contribution in [2.75, 3.05) is 11.5 Å². The van der Waals surface area contributed by atoms with E-state index in [-0.39, 0.29) is 4.90 Å². The van der Waals surface area contributed by atoms with E-state index in [1.807, 2.05) is 0 Å². The second-order valence-corrected chi connectivity index (χ2v) is 5.25. The first kappa shape index (κ1) is 13.0. The van der Waals surface area contributed by atoms with E-state index < -0.39 is 27.5 Å². The third kappa shape index (κ3) is 3.76. The van der Waals surface area contributed by atoms with Crippen LogP contribution in [0.1, 0.15) is 0 Å². The number of nitrogens with zero attached hydrogens (tertiary/aromatic N) is 1. The molecule has 1 aromatic carbocycles. The van der Waals surface area contributed by atoms with Gasteiger partial charge in [-0.05, 0) is 24.3 Å². The molecule has 0 fully saturated rings. The van der Waals surface area contributed by atoms with Gasteiger partial charge in [0.1, 0.15) is 5.75 Å². The Bertz CT molecular complexity index is 544. The summed E-state index contributed by atoms with van der Waals surface area (Å²) in [5.41, 5.74) is 15.8. The lowest BCUT2D eigenvalue weighted by Gasteiger charge is -2.02. The first-order valence-corrected chi connectivity index (χ1v) is 6.17.